The highest BCUT2D eigenvalue weighted by Crippen LogP contribution is 2.32. The van der Waals surface area contributed by atoms with Gasteiger partial charge in [0, 0.05) is 11.5 Å². The first-order chi connectivity index (χ1) is 10.7. The standard InChI is InChI=1S/C17H15NO4/c1-21-15-8-7-12(10-16(15)22-2)18-13-6-4-3-5-11(13)9-14(18)17(19)20/h3-10H,1-2H3,(H,19,20). The van der Waals surface area contributed by atoms with Crippen molar-refractivity contribution in [2.45, 2.75) is 0 Å². The van der Waals surface area contributed by atoms with Gasteiger partial charge in [-0.05, 0) is 24.3 Å². The lowest BCUT2D eigenvalue weighted by molar-refractivity contribution is 0.0688. The number of carboxylic acids is 1. The van der Waals surface area contributed by atoms with Crippen LogP contribution in [0.25, 0.3) is 16.6 Å². The van der Waals surface area contributed by atoms with E-state index in [9.17, 15) is 9.90 Å². The summed E-state index contributed by atoms with van der Waals surface area (Å²) < 4.78 is 12.2. The highest BCUT2D eigenvalue weighted by molar-refractivity contribution is 5.96. The Balaban J connectivity index is 2.29. The Hall–Kier alpha value is -2.95. The third-order valence-electron chi connectivity index (χ3n) is 3.56. The van der Waals surface area contributed by atoms with Crippen LogP contribution < -0.4 is 9.47 Å². The van der Waals surface area contributed by atoms with Crippen molar-refractivity contribution in [3.8, 4) is 17.2 Å². The van der Waals surface area contributed by atoms with Crippen LogP contribution in [0.2, 0.25) is 0 Å². The maximum atomic E-state index is 11.6. The molecule has 0 aliphatic heterocycles. The predicted octanol–water partition coefficient (Wildman–Crippen LogP) is 3.35. The van der Waals surface area contributed by atoms with Gasteiger partial charge in [-0.3, -0.25) is 0 Å². The molecular formula is C17H15NO4. The van der Waals surface area contributed by atoms with Crippen LogP contribution in [0, 0.1) is 0 Å². The van der Waals surface area contributed by atoms with Crippen LogP contribution in [0.3, 0.4) is 0 Å². The van der Waals surface area contributed by atoms with Crippen LogP contribution in [0.15, 0.2) is 48.5 Å². The molecule has 0 aliphatic rings. The molecule has 0 unspecified atom stereocenters. The van der Waals surface area contributed by atoms with E-state index >= 15 is 0 Å². The molecule has 5 nitrogen and oxygen atoms in total. The number of hydrogen-bond donors (Lipinski definition) is 1. The molecule has 0 amide bonds. The summed E-state index contributed by atoms with van der Waals surface area (Å²) in [5, 5.41) is 10.3. The first-order valence-corrected chi connectivity index (χ1v) is 6.72. The second-order valence-electron chi connectivity index (χ2n) is 4.77. The topological polar surface area (TPSA) is 60.7 Å². The van der Waals surface area contributed by atoms with Gasteiger partial charge < -0.3 is 19.1 Å². The molecular weight excluding hydrogens is 282 g/mol. The Morgan fingerprint density at radius 3 is 2.41 bits per heavy atom. The van der Waals surface area contributed by atoms with E-state index in [0.29, 0.717) is 17.2 Å². The van der Waals surface area contributed by atoms with E-state index in [4.69, 9.17) is 9.47 Å². The minimum Gasteiger partial charge on any atom is -0.493 e. The number of para-hydroxylation sites is 1. The van der Waals surface area contributed by atoms with Crippen molar-refractivity contribution >= 4 is 16.9 Å². The zero-order chi connectivity index (χ0) is 15.7. The summed E-state index contributed by atoms with van der Waals surface area (Å²) in [7, 11) is 3.11. The third-order valence-corrected chi connectivity index (χ3v) is 3.56. The summed E-state index contributed by atoms with van der Waals surface area (Å²) >= 11 is 0. The molecule has 0 spiro atoms. The van der Waals surface area contributed by atoms with Crippen molar-refractivity contribution in [3.05, 3.63) is 54.2 Å². The normalized spacial score (nSPS) is 10.6. The third kappa shape index (κ3) is 2.16. The van der Waals surface area contributed by atoms with Crippen molar-refractivity contribution in [2.24, 2.45) is 0 Å². The zero-order valence-corrected chi connectivity index (χ0v) is 12.2. The molecule has 0 radical (unpaired) electrons. The van der Waals surface area contributed by atoms with Crippen molar-refractivity contribution in [1.29, 1.82) is 0 Å². The van der Waals surface area contributed by atoms with E-state index in [-0.39, 0.29) is 5.69 Å². The number of aromatic carboxylic acids is 1. The van der Waals surface area contributed by atoms with Crippen LogP contribution in [-0.2, 0) is 0 Å². The molecule has 0 atom stereocenters. The van der Waals surface area contributed by atoms with Gasteiger partial charge in [-0.1, -0.05) is 18.2 Å². The van der Waals surface area contributed by atoms with Gasteiger partial charge in [-0.2, -0.15) is 0 Å². The fourth-order valence-corrected chi connectivity index (χ4v) is 2.55. The Labute approximate surface area is 127 Å². The number of hydrogen-bond acceptors (Lipinski definition) is 3. The molecule has 0 saturated heterocycles. The first-order valence-electron chi connectivity index (χ1n) is 6.72. The summed E-state index contributed by atoms with van der Waals surface area (Å²) in [6.45, 7) is 0. The van der Waals surface area contributed by atoms with Gasteiger partial charge in [0.05, 0.1) is 25.4 Å². The van der Waals surface area contributed by atoms with Crippen LogP contribution in [-0.4, -0.2) is 29.9 Å². The molecule has 1 N–H and O–H groups in total. The number of carbonyl (C=O) groups is 1. The second-order valence-corrected chi connectivity index (χ2v) is 4.77. The highest BCUT2D eigenvalue weighted by Gasteiger charge is 2.17. The van der Waals surface area contributed by atoms with Gasteiger partial charge >= 0.3 is 5.97 Å². The van der Waals surface area contributed by atoms with Crippen LogP contribution in [0.4, 0.5) is 0 Å². The van der Waals surface area contributed by atoms with E-state index in [1.807, 2.05) is 24.3 Å². The largest absolute Gasteiger partial charge is 0.493 e. The smallest absolute Gasteiger partial charge is 0.352 e. The number of ether oxygens (including phenoxy) is 2. The minimum atomic E-state index is -0.981. The van der Waals surface area contributed by atoms with Crippen molar-refractivity contribution in [1.82, 2.24) is 4.57 Å². The monoisotopic (exact) mass is 297 g/mol. The van der Waals surface area contributed by atoms with Gasteiger partial charge in [0.25, 0.3) is 0 Å². The summed E-state index contributed by atoms with van der Waals surface area (Å²) in [6, 6.07) is 14.5. The lowest BCUT2D eigenvalue weighted by Crippen LogP contribution is -2.06. The molecule has 2 aromatic carbocycles. The van der Waals surface area contributed by atoms with E-state index in [1.165, 1.54) is 0 Å². The Kier molecular flexibility index (Phi) is 3.47. The number of benzene rings is 2. The fourth-order valence-electron chi connectivity index (χ4n) is 2.55. The van der Waals surface area contributed by atoms with Crippen LogP contribution in [0.1, 0.15) is 10.5 Å². The quantitative estimate of drug-likeness (QED) is 0.802. The maximum Gasteiger partial charge on any atom is 0.352 e. The lowest BCUT2D eigenvalue weighted by Gasteiger charge is -2.12. The van der Waals surface area contributed by atoms with E-state index < -0.39 is 5.97 Å². The average molecular weight is 297 g/mol. The number of aromatic nitrogens is 1. The number of methoxy groups -OCH3 is 2. The maximum absolute atomic E-state index is 11.6. The number of carboxylic acid groups (broad SMARTS) is 1. The molecule has 1 heterocycles. The van der Waals surface area contributed by atoms with Gasteiger partial charge in [-0.15, -0.1) is 0 Å². The minimum absolute atomic E-state index is 0.202. The molecule has 1 aromatic heterocycles. The summed E-state index contributed by atoms with van der Waals surface area (Å²) in [4.78, 5) is 11.6. The van der Waals surface area contributed by atoms with Crippen molar-refractivity contribution in [2.75, 3.05) is 14.2 Å². The molecule has 5 heteroatoms. The van der Waals surface area contributed by atoms with E-state index in [2.05, 4.69) is 0 Å². The lowest BCUT2D eigenvalue weighted by atomic mass is 10.2. The molecule has 0 bridgehead atoms. The molecule has 3 rings (SSSR count). The molecule has 0 aliphatic carbocycles. The van der Waals surface area contributed by atoms with Crippen LogP contribution >= 0.6 is 0 Å². The molecule has 3 aromatic rings. The summed E-state index contributed by atoms with van der Waals surface area (Å²) in [5.41, 5.74) is 1.73. The van der Waals surface area contributed by atoms with Crippen molar-refractivity contribution < 1.29 is 19.4 Å². The van der Waals surface area contributed by atoms with E-state index in [1.54, 1.807) is 43.1 Å². The van der Waals surface area contributed by atoms with Gasteiger partial charge in [0.2, 0.25) is 0 Å². The zero-order valence-electron chi connectivity index (χ0n) is 12.2. The van der Waals surface area contributed by atoms with Crippen LogP contribution in [0.5, 0.6) is 11.5 Å². The fraction of sp³-hybridized carbons (Fsp3) is 0.118. The number of nitrogens with zero attached hydrogens (tertiary/aromatic N) is 1. The Morgan fingerprint density at radius 1 is 1.00 bits per heavy atom. The molecule has 112 valence electrons. The summed E-state index contributed by atoms with van der Waals surface area (Å²) in [6.07, 6.45) is 0. The van der Waals surface area contributed by atoms with E-state index in [0.717, 1.165) is 10.9 Å². The molecule has 22 heavy (non-hydrogen) atoms. The number of rotatable bonds is 4. The average Bonchev–Trinajstić information content (AvgIpc) is 2.94. The van der Waals surface area contributed by atoms with Gasteiger partial charge in [0.15, 0.2) is 11.5 Å². The Morgan fingerprint density at radius 2 is 1.73 bits per heavy atom. The number of fused-ring (bicyclic) bond motifs is 1. The molecule has 0 fully saturated rings. The SMILES string of the molecule is COc1ccc(-n2c(C(=O)O)cc3ccccc32)cc1OC. The first kappa shape index (κ1) is 14.0. The van der Waals surface area contributed by atoms with Gasteiger partial charge in [0.1, 0.15) is 5.69 Å². The highest BCUT2D eigenvalue weighted by atomic mass is 16.5. The Bertz CT molecular complexity index is 851. The second kappa shape index (κ2) is 5.44. The molecule has 0 saturated carbocycles. The van der Waals surface area contributed by atoms with Crippen molar-refractivity contribution in [3.63, 3.8) is 0 Å². The predicted molar refractivity (Wildman–Crippen MR) is 83.3 cm³/mol. The summed E-state index contributed by atoms with van der Waals surface area (Å²) in [5.74, 6) is 0.166. The van der Waals surface area contributed by atoms with Gasteiger partial charge in [-0.25, -0.2) is 4.79 Å².